The molecule has 0 atom stereocenters. The lowest BCUT2D eigenvalue weighted by molar-refractivity contribution is -0.119. The Labute approximate surface area is 177 Å². The Balaban J connectivity index is 1.48. The molecule has 0 bridgehead atoms. The molecule has 0 spiro atoms. The van der Waals surface area contributed by atoms with Crippen LogP contribution in [0.25, 0.3) is 15.9 Å². The van der Waals surface area contributed by atoms with Crippen molar-refractivity contribution in [3.8, 4) is 5.69 Å². The Morgan fingerprint density at radius 2 is 1.77 bits per heavy atom. The summed E-state index contributed by atoms with van der Waals surface area (Å²) in [6.45, 7) is 1.09. The van der Waals surface area contributed by atoms with Gasteiger partial charge in [0.1, 0.15) is 27.2 Å². The maximum Gasteiger partial charge on any atom is 0.348 e. The number of ether oxygens (including phenoxy) is 1. The van der Waals surface area contributed by atoms with Crippen molar-refractivity contribution in [2.24, 2.45) is 0 Å². The highest BCUT2D eigenvalue weighted by Gasteiger charge is 2.19. The van der Waals surface area contributed by atoms with E-state index in [9.17, 15) is 22.8 Å². The van der Waals surface area contributed by atoms with Gasteiger partial charge in [0, 0.05) is 11.5 Å². The SMILES string of the molecule is Cc1nn(-c2ccc(F)cc2)c2sc(C(=O)OCC(=O)Nc3cc(F)ccc3F)cc12. The molecule has 4 aromatic rings. The van der Waals surface area contributed by atoms with Gasteiger partial charge in [-0.2, -0.15) is 5.10 Å². The average Bonchev–Trinajstić information content (AvgIpc) is 3.30. The van der Waals surface area contributed by atoms with Crippen LogP contribution in [0.15, 0.2) is 48.5 Å². The van der Waals surface area contributed by atoms with Gasteiger partial charge in [-0.25, -0.2) is 22.6 Å². The zero-order valence-corrected chi connectivity index (χ0v) is 16.8. The van der Waals surface area contributed by atoms with Crippen molar-refractivity contribution < 1.29 is 27.5 Å². The lowest BCUT2D eigenvalue weighted by atomic mass is 10.3. The van der Waals surface area contributed by atoms with Gasteiger partial charge in [0.05, 0.1) is 17.1 Å². The summed E-state index contributed by atoms with van der Waals surface area (Å²) in [5.74, 6) is -3.47. The molecule has 4 rings (SSSR count). The lowest BCUT2D eigenvalue weighted by Crippen LogP contribution is -2.21. The number of carbonyl (C=O) groups excluding carboxylic acids is 2. The van der Waals surface area contributed by atoms with E-state index in [0.29, 0.717) is 21.6 Å². The minimum Gasteiger partial charge on any atom is -0.451 e. The smallest absolute Gasteiger partial charge is 0.348 e. The molecule has 0 unspecified atom stereocenters. The third kappa shape index (κ3) is 4.29. The fourth-order valence-corrected chi connectivity index (χ4v) is 3.96. The molecule has 2 heterocycles. The number of hydrogen-bond acceptors (Lipinski definition) is 5. The number of carbonyl (C=O) groups is 2. The van der Waals surface area contributed by atoms with E-state index in [1.807, 2.05) is 0 Å². The monoisotopic (exact) mass is 445 g/mol. The summed E-state index contributed by atoms with van der Waals surface area (Å²) < 4.78 is 46.6. The maximum absolute atomic E-state index is 13.6. The maximum atomic E-state index is 13.6. The number of benzene rings is 2. The number of amides is 1. The van der Waals surface area contributed by atoms with Gasteiger partial charge in [0.2, 0.25) is 0 Å². The number of aromatic nitrogens is 2. The summed E-state index contributed by atoms with van der Waals surface area (Å²) in [6, 6.07) is 9.95. The minimum absolute atomic E-state index is 0.232. The highest BCUT2D eigenvalue weighted by atomic mass is 32.1. The van der Waals surface area contributed by atoms with Crippen molar-refractivity contribution in [1.82, 2.24) is 9.78 Å². The molecule has 1 N–H and O–H groups in total. The number of hydrogen-bond donors (Lipinski definition) is 1. The van der Waals surface area contributed by atoms with Gasteiger partial charge in [0.15, 0.2) is 6.61 Å². The first kappa shape index (κ1) is 20.6. The van der Waals surface area contributed by atoms with Crippen LogP contribution in [-0.2, 0) is 9.53 Å². The van der Waals surface area contributed by atoms with Crippen LogP contribution in [0.3, 0.4) is 0 Å². The van der Waals surface area contributed by atoms with Crippen molar-refractivity contribution >= 4 is 39.1 Å². The number of aryl methyl sites for hydroxylation is 1. The Hall–Kier alpha value is -3.66. The first-order chi connectivity index (χ1) is 14.8. The van der Waals surface area contributed by atoms with Crippen LogP contribution in [0.5, 0.6) is 0 Å². The number of halogens is 3. The highest BCUT2D eigenvalue weighted by Crippen LogP contribution is 2.31. The van der Waals surface area contributed by atoms with Crippen LogP contribution in [0.4, 0.5) is 18.9 Å². The third-order valence-corrected chi connectivity index (χ3v) is 5.44. The number of nitrogens with one attached hydrogen (secondary N) is 1. The van der Waals surface area contributed by atoms with Gasteiger partial charge in [0.25, 0.3) is 5.91 Å². The summed E-state index contributed by atoms with van der Waals surface area (Å²) >= 11 is 1.10. The third-order valence-electron chi connectivity index (χ3n) is 4.35. The molecular weight excluding hydrogens is 431 g/mol. The van der Waals surface area contributed by atoms with E-state index in [2.05, 4.69) is 10.4 Å². The van der Waals surface area contributed by atoms with E-state index in [1.165, 1.54) is 12.1 Å². The summed E-state index contributed by atoms with van der Waals surface area (Å²) in [5, 5.41) is 7.28. The van der Waals surface area contributed by atoms with Crippen LogP contribution in [0, 0.1) is 24.4 Å². The minimum atomic E-state index is -0.814. The Bertz CT molecular complexity index is 1300. The van der Waals surface area contributed by atoms with Crippen molar-refractivity contribution in [2.75, 3.05) is 11.9 Å². The molecule has 6 nitrogen and oxygen atoms in total. The molecular formula is C21H14F3N3O3S. The Kier molecular flexibility index (Phi) is 5.47. The second-order valence-electron chi connectivity index (χ2n) is 6.55. The molecule has 0 aliphatic carbocycles. The van der Waals surface area contributed by atoms with Gasteiger partial charge >= 0.3 is 5.97 Å². The number of thiophene rings is 1. The van der Waals surface area contributed by atoms with Crippen LogP contribution in [-0.4, -0.2) is 28.3 Å². The summed E-state index contributed by atoms with van der Waals surface area (Å²) in [6.07, 6.45) is 0. The first-order valence-corrected chi connectivity index (χ1v) is 9.80. The van der Waals surface area contributed by atoms with Crippen molar-refractivity contribution in [3.63, 3.8) is 0 Å². The van der Waals surface area contributed by atoms with Crippen LogP contribution in [0.2, 0.25) is 0 Å². The van der Waals surface area contributed by atoms with Crippen molar-refractivity contribution in [2.45, 2.75) is 6.92 Å². The Morgan fingerprint density at radius 3 is 2.52 bits per heavy atom. The standard InChI is InChI=1S/C21H14F3N3O3S/c1-11-15-9-18(31-20(15)27(26-11)14-5-2-12(22)3-6-14)21(29)30-10-19(28)25-17-8-13(23)4-7-16(17)24/h2-9H,10H2,1H3,(H,25,28). The Morgan fingerprint density at radius 1 is 1.06 bits per heavy atom. The van der Waals surface area contributed by atoms with E-state index >= 15 is 0 Å². The fourth-order valence-electron chi connectivity index (χ4n) is 2.89. The zero-order chi connectivity index (χ0) is 22.1. The normalized spacial score (nSPS) is 11.0. The predicted molar refractivity (Wildman–Crippen MR) is 109 cm³/mol. The summed E-state index contributed by atoms with van der Waals surface area (Å²) in [4.78, 5) is 25.2. The molecule has 2 aromatic carbocycles. The lowest BCUT2D eigenvalue weighted by Gasteiger charge is -2.07. The molecule has 0 aliphatic rings. The molecule has 0 fully saturated rings. The molecule has 158 valence electrons. The largest absolute Gasteiger partial charge is 0.451 e. The van der Waals surface area contributed by atoms with Crippen LogP contribution < -0.4 is 5.32 Å². The van der Waals surface area contributed by atoms with Gasteiger partial charge in [-0.15, -0.1) is 11.3 Å². The van der Waals surface area contributed by atoms with Crippen LogP contribution >= 0.6 is 11.3 Å². The summed E-state index contributed by atoms with van der Waals surface area (Å²) in [7, 11) is 0. The number of esters is 1. The van der Waals surface area contributed by atoms with E-state index in [1.54, 1.807) is 29.8 Å². The number of nitrogens with zero attached hydrogens (tertiary/aromatic N) is 2. The highest BCUT2D eigenvalue weighted by molar-refractivity contribution is 7.20. The quantitative estimate of drug-likeness (QED) is 0.456. The van der Waals surface area contributed by atoms with E-state index in [0.717, 1.165) is 29.5 Å². The number of anilines is 1. The van der Waals surface area contributed by atoms with E-state index in [4.69, 9.17) is 4.74 Å². The zero-order valence-electron chi connectivity index (χ0n) is 16.0. The van der Waals surface area contributed by atoms with E-state index < -0.39 is 30.1 Å². The van der Waals surface area contributed by atoms with Gasteiger partial charge in [-0.3, -0.25) is 4.79 Å². The molecule has 2 aromatic heterocycles. The average molecular weight is 445 g/mol. The first-order valence-electron chi connectivity index (χ1n) is 8.99. The topological polar surface area (TPSA) is 73.2 Å². The second kappa shape index (κ2) is 8.23. The number of rotatable bonds is 5. The fraction of sp³-hybridized carbons (Fsp3) is 0.0952. The molecule has 0 saturated heterocycles. The van der Waals surface area contributed by atoms with Crippen molar-refractivity contribution in [1.29, 1.82) is 0 Å². The molecule has 1 amide bonds. The molecule has 0 aliphatic heterocycles. The molecule has 0 radical (unpaired) electrons. The molecule has 10 heteroatoms. The van der Waals surface area contributed by atoms with Gasteiger partial charge in [-0.1, -0.05) is 0 Å². The van der Waals surface area contributed by atoms with Crippen LogP contribution in [0.1, 0.15) is 15.4 Å². The van der Waals surface area contributed by atoms with Crippen molar-refractivity contribution in [3.05, 3.63) is 76.6 Å². The predicted octanol–water partition coefficient (Wildman–Crippen LogP) is 4.61. The van der Waals surface area contributed by atoms with Gasteiger partial charge in [-0.05, 0) is 49.4 Å². The molecule has 0 saturated carbocycles. The van der Waals surface area contributed by atoms with Gasteiger partial charge < -0.3 is 10.1 Å². The molecule has 31 heavy (non-hydrogen) atoms. The summed E-state index contributed by atoms with van der Waals surface area (Å²) in [5.41, 5.74) is 0.935. The van der Waals surface area contributed by atoms with E-state index in [-0.39, 0.29) is 16.4 Å². The number of fused-ring (bicyclic) bond motifs is 1. The second-order valence-corrected chi connectivity index (χ2v) is 7.58.